The standard InChI is InChI=1S/C15H25NO/c1-10-8-11(15(5,6)16)9-12(13(10)17-7)14(2,3)4/h8-9H,16H2,1-7H3. The summed E-state index contributed by atoms with van der Waals surface area (Å²) in [6.45, 7) is 12.7. The fourth-order valence-electron chi connectivity index (χ4n) is 1.97. The van der Waals surface area contributed by atoms with Gasteiger partial charge in [0.1, 0.15) is 5.75 Å². The number of nitrogens with two attached hydrogens (primary N) is 1. The zero-order valence-corrected chi connectivity index (χ0v) is 12.1. The Morgan fingerprint density at radius 1 is 1.06 bits per heavy atom. The van der Waals surface area contributed by atoms with E-state index in [0.29, 0.717) is 0 Å². The molecule has 2 N–H and O–H groups in total. The van der Waals surface area contributed by atoms with E-state index >= 15 is 0 Å². The first-order chi connectivity index (χ1) is 7.57. The lowest BCUT2D eigenvalue weighted by molar-refractivity contribution is 0.393. The third-order valence-corrected chi connectivity index (χ3v) is 3.03. The molecule has 0 aliphatic rings. The Kier molecular flexibility index (Phi) is 3.58. The van der Waals surface area contributed by atoms with Crippen molar-refractivity contribution in [2.24, 2.45) is 5.73 Å². The van der Waals surface area contributed by atoms with Crippen molar-refractivity contribution in [3.63, 3.8) is 0 Å². The lowest BCUT2D eigenvalue weighted by Crippen LogP contribution is -2.29. The second kappa shape index (κ2) is 4.34. The van der Waals surface area contributed by atoms with Crippen LogP contribution in [0.5, 0.6) is 5.75 Å². The van der Waals surface area contributed by atoms with E-state index in [0.717, 1.165) is 16.9 Å². The molecule has 0 radical (unpaired) electrons. The van der Waals surface area contributed by atoms with Gasteiger partial charge in [-0.25, -0.2) is 0 Å². The highest BCUT2D eigenvalue weighted by Crippen LogP contribution is 2.36. The van der Waals surface area contributed by atoms with Crippen molar-refractivity contribution in [3.05, 3.63) is 28.8 Å². The minimum atomic E-state index is -0.322. The average molecular weight is 235 g/mol. The van der Waals surface area contributed by atoms with Crippen molar-refractivity contribution in [2.45, 2.75) is 52.5 Å². The van der Waals surface area contributed by atoms with E-state index in [1.165, 1.54) is 5.56 Å². The Balaban J connectivity index is 3.51. The van der Waals surface area contributed by atoms with Crippen LogP contribution in [-0.4, -0.2) is 7.11 Å². The van der Waals surface area contributed by atoms with E-state index in [1.54, 1.807) is 7.11 Å². The predicted octanol–water partition coefficient (Wildman–Crippen LogP) is 3.49. The van der Waals surface area contributed by atoms with Crippen LogP contribution in [0.15, 0.2) is 12.1 Å². The van der Waals surface area contributed by atoms with Gasteiger partial charge in [0.15, 0.2) is 0 Å². The fourth-order valence-corrected chi connectivity index (χ4v) is 1.97. The molecule has 0 heterocycles. The average Bonchev–Trinajstić information content (AvgIpc) is 2.13. The van der Waals surface area contributed by atoms with Gasteiger partial charge in [-0.1, -0.05) is 26.8 Å². The van der Waals surface area contributed by atoms with E-state index in [4.69, 9.17) is 10.5 Å². The van der Waals surface area contributed by atoms with Gasteiger partial charge in [-0.15, -0.1) is 0 Å². The number of methoxy groups -OCH3 is 1. The maximum atomic E-state index is 6.19. The fraction of sp³-hybridized carbons (Fsp3) is 0.600. The molecular formula is C15H25NO. The monoisotopic (exact) mass is 235 g/mol. The Morgan fingerprint density at radius 2 is 1.59 bits per heavy atom. The minimum Gasteiger partial charge on any atom is -0.496 e. The molecule has 1 rings (SSSR count). The van der Waals surface area contributed by atoms with Crippen LogP contribution in [0.25, 0.3) is 0 Å². The number of ether oxygens (including phenoxy) is 1. The van der Waals surface area contributed by atoms with E-state index < -0.39 is 0 Å². The van der Waals surface area contributed by atoms with E-state index in [2.05, 4.69) is 39.8 Å². The molecule has 0 aliphatic heterocycles. The van der Waals surface area contributed by atoms with Crippen LogP contribution in [0, 0.1) is 6.92 Å². The summed E-state index contributed by atoms with van der Waals surface area (Å²) in [5.41, 5.74) is 9.44. The lowest BCUT2D eigenvalue weighted by Gasteiger charge is -2.28. The van der Waals surface area contributed by atoms with E-state index in [1.807, 2.05) is 13.8 Å². The smallest absolute Gasteiger partial charge is 0.125 e. The third kappa shape index (κ3) is 3.01. The molecule has 2 heteroatoms. The molecule has 0 spiro atoms. The van der Waals surface area contributed by atoms with Crippen LogP contribution in [0.3, 0.4) is 0 Å². The van der Waals surface area contributed by atoms with Gasteiger partial charge in [-0.2, -0.15) is 0 Å². The maximum absolute atomic E-state index is 6.19. The van der Waals surface area contributed by atoms with Gasteiger partial charge in [0, 0.05) is 11.1 Å². The summed E-state index contributed by atoms with van der Waals surface area (Å²) in [5.74, 6) is 0.977. The minimum absolute atomic E-state index is 0.0529. The van der Waals surface area contributed by atoms with E-state index in [-0.39, 0.29) is 11.0 Å². The summed E-state index contributed by atoms with van der Waals surface area (Å²) in [6, 6.07) is 4.29. The number of hydrogen-bond acceptors (Lipinski definition) is 2. The van der Waals surface area contributed by atoms with Crippen molar-refractivity contribution >= 4 is 0 Å². The van der Waals surface area contributed by atoms with Gasteiger partial charge in [0.2, 0.25) is 0 Å². The lowest BCUT2D eigenvalue weighted by atomic mass is 9.81. The highest BCUT2D eigenvalue weighted by molar-refractivity contribution is 5.48. The molecule has 0 aliphatic carbocycles. The molecule has 0 amide bonds. The Bertz CT molecular complexity index is 408. The predicted molar refractivity (Wildman–Crippen MR) is 73.6 cm³/mol. The van der Waals surface area contributed by atoms with Crippen LogP contribution >= 0.6 is 0 Å². The zero-order valence-electron chi connectivity index (χ0n) is 12.1. The molecule has 1 aromatic rings. The first kappa shape index (κ1) is 14.0. The van der Waals surface area contributed by atoms with Crippen molar-refractivity contribution in [1.29, 1.82) is 0 Å². The van der Waals surface area contributed by atoms with Crippen molar-refractivity contribution < 1.29 is 4.74 Å². The van der Waals surface area contributed by atoms with Crippen molar-refractivity contribution in [1.82, 2.24) is 0 Å². The van der Waals surface area contributed by atoms with Gasteiger partial charge in [0.25, 0.3) is 0 Å². The maximum Gasteiger partial charge on any atom is 0.125 e. The van der Waals surface area contributed by atoms with Crippen LogP contribution in [-0.2, 0) is 11.0 Å². The molecule has 1 aromatic carbocycles. The Morgan fingerprint density at radius 3 is 1.94 bits per heavy atom. The molecule has 0 saturated carbocycles. The molecule has 0 fully saturated rings. The SMILES string of the molecule is COc1c(C)cc(C(C)(C)N)cc1C(C)(C)C. The van der Waals surface area contributed by atoms with Gasteiger partial charge >= 0.3 is 0 Å². The quantitative estimate of drug-likeness (QED) is 0.851. The zero-order chi connectivity index (χ0) is 13.4. The number of rotatable bonds is 2. The van der Waals surface area contributed by atoms with Crippen LogP contribution in [0.1, 0.15) is 51.3 Å². The molecule has 96 valence electrons. The molecule has 0 bridgehead atoms. The molecule has 17 heavy (non-hydrogen) atoms. The summed E-state index contributed by atoms with van der Waals surface area (Å²) in [7, 11) is 1.73. The summed E-state index contributed by atoms with van der Waals surface area (Å²) < 4.78 is 5.53. The highest BCUT2D eigenvalue weighted by atomic mass is 16.5. The normalized spacial score (nSPS) is 12.7. The summed E-state index contributed by atoms with van der Waals surface area (Å²) >= 11 is 0. The van der Waals surface area contributed by atoms with Crippen molar-refractivity contribution in [2.75, 3.05) is 7.11 Å². The van der Waals surface area contributed by atoms with Crippen LogP contribution in [0.2, 0.25) is 0 Å². The Hall–Kier alpha value is -1.02. The summed E-state index contributed by atoms with van der Waals surface area (Å²) in [6.07, 6.45) is 0. The topological polar surface area (TPSA) is 35.2 Å². The molecule has 0 saturated heterocycles. The number of hydrogen-bond donors (Lipinski definition) is 1. The first-order valence-corrected chi connectivity index (χ1v) is 6.06. The van der Waals surface area contributed by atoms with Crippen LogP contribution in [0.4, 0.5) is 0 Å². The third-order valence-electron chi connectivity index (χ3n) is 3.03. The second-order valence-electron chi connectivity index (χ2n) is 6.35. The first-order valence-electron chi connectivity index (χ1n) is 6.06. The van der Waals surface area contributed by atoms with Gasteiger partial charge in [-0.05, 0) is 43.4 Å². The van der Waals surface area contributed by atoms with Gasteiger partial charge < -0.3 is 10.5 Å². The largest absolute Gasteiger partial charge is 0.496 e. The number of benzene rings is 1. The van der Waals surface area contributed by atoms with E-state index in [9.17, 15) is 0 Å². The molecule has 0 atom stereocenters. The van der Waals surface area contributed by atoms with Gasteiger partial charge in [-0.3, -0.25) is 0 Å². The Labute approximate surface area is 105 Å². The molecular weight excluding hydrogens is 210 g/mol. The molecule has 0 unspecified atom stereocenters. The molecule has 0 aromatic heterocycles. The van der Waals surface area contributed by atoms with Crippen molar-refractivity contribution in [3.8, 4) is 5.75 Å². The van der Waals surface area contributed by atoms with Crippen LogP contribution < -0.4 is 10.5 Å². The number of aryl methyl sites for hydroxylation is 1. The second-order valence-corrected chi connectivity index (χ2v) is 6.35. The summed E-state index contributed by atoms with van der Waals surface area (Å²) in [5, 5.41) is 0. The molecule has 2 nitrogen and oxygen atoms in total. The highest BCUT2D eigenvalue weighted by Gasteiger charge is 2.24. The summed E-state index contributed by atoms with van der Waals surface area (Å²) in [4.78, 5) is 0. The van der Waals surface area contributed by atoms with Gasteiger partial charge in [0.05, 0.1) is 7.11 Å².